The molecule has 0 fully saturated rings. The van der Waals surface area contributed by atoms with E-state index in [1.54, 1.807) is 25.1 Å². The lowest BCUT2D eigenvalue weighted by Gasteiger charge is -2.21. The largest absolute Gasteiger partial charge is 0.495 e. The summed E-state index contributed by atoms with van der Waals surface area (Å²) in [6.45, 7) is 2.04. The molecule has 0 radical (unpaired) electrons. The molecule has 0 heterocycles. The average molecular weight is 267 g/mol. The zero-order valence-corrected chi connectivity index (χ0v) is 11.4. The second kappa shape index (κ2) is 6.27. The van der Waals surface area contributed by atoms with E-state index in [1.165, 1.54) is 0 Å². The molecule has 0 bridgehead atoms. The van der Waals surface area contributed by atoms with Gasteiger partial charge in [-0.2, -0.15) is 5.26 Å². The Kier molecular flexibility index (Phi) is 4.99. The molecule has 1 aromatic carbocycles. The Hall–Kier alpha value is -1.73. The first-order chi connectivity index (χ1) is 8.49. The number of benzene rings is 1. The van der Waals surface area contributed by atoms with Crippen LogP contribution in [0.3, 0.4) is 0 Å². The smallest absolute Gasteiger partial charge is 0.166 e. The van der Waals surface area contributed by atoms with E-state index in [1.807, 2.05) is 19.1 Å². The average Bonchev–Trinajstić information content (AvgIpc) is 2.32. The van der Waals surface area contributed by atoms with E-state index >= 15 is 0 Å². The van der Waals surface area contributed by atoms with Gasteiger partial charge in [0.2, 0.25) is 0 Å². The number of likely N-dealkylation sites (N-methyl/N-ethyl adjacent to an activating group) is 1. The van der Waals surface area contributed by atoms with E-state index in [4.69, 9.17) is 21.6 Å². The number of ketones is 1. The van der Waals surface area contributed by atoms with Gasteiger partial charge in [-0.15, -0.1) is 0 Å². The minimum Gasteiger partial charge on any atom is -0.495 e. The Morgan fingerprint density at radius 1 is 1.56 bits per heavy atom. The number of methoxy groups -OCH3 is 1. The lowest BCUT2D eigenvalue weighted by atomic mass is 10.2. The van der Waals surface area contributed by atoms with Crippen LogP contribution in [0, 0.1) is 18.3 Å². The number of halogens is 1. The molecule has 1 aromatic rings. The normalized spacial score (nSPS) is 9.72. The van der Waals surface area contributed by atoms with E-state index in [-0.39, 0.29) is 18.7 Å². The second-order valence-electron chi connectivity index (χ2n) is 4.00. The van der Waals surface area contributed by atoms with Crippen molar-refractivity contribution in [3.8, 4) is 11.8 Å². The van der Waals surface area contributed by atoms with Crippen molar-refractivity contribution >= 4 is 23.1 Å². The van der Waals surface area contributed by atoms with Gasteiger partial charge in [0.25, 0.3) is 0 Å². The molecule has 0 aliphatic heterocycles. The highest BCUT2D eigenvalue weighted by Gasteiger charge is 2.13. The monoisotopic (exact) mass is 266 g/mol. The number of anilines is 1. The summed E-state index contributed by atoms with van der Waals surface area (Å²) in [6, 6.07) is 5.42. The molecule has 0 aromatic heterocycles. The Morgan fingerprint density at radius 3 is 2.78 bits per heavy atom. The third-order valence-corrected chi connectivity index (χ3v) is 2.97. The summed E-state index contributed by atoms with van der Waals surface area (Å²) in [6.07, 6.45) is -0.0910. The van der Waals surface area contributed by atoms with Crippen molar-refractivity contribution in [3.05, 3.63) is 22.7 Å². The van der Waals surface area contributed by atoms with Gasteiger partial charge in [0, 0.05) is 12.1 Å². The van der Waals surface area contributed by atoms with Gasteiger partial charge in [-0.25, -0.2) is 0 Å². The van der Waals surface area contributed by atoms with Gasteiger partial charge in [0.15, 0.2) is 5.78 Å². The van der Waals surface area contributed by atoms with Crippen LogP contribution in [0.5, 0.6) is 5.75 Å². The van der Waals surface area contributed by atoms with Crippen molar-refractivity contribution in [2.24, 2.45) is 0 Å². The highest BCUT2D eigenvalue weighted by atomic mass is 35.5. The van der Waals surface area contributed by atoms with Crippen molar-refractivity contribution in [1.82, 2.24) is 0 Å². The molecule has 0 saturated heterocycles. The highest BCUT2D eigenvalue weighted by Crippen LogP contribution is 2.33. The van der Waals surface area contributed by atoms with Crippen molar-refractivity contribution in [3.63, 3.8) is 0 Å². The molecule has 0 unspecified atom stereocenters. The van der Waals surface area contributed by atoms with Crippen LogP contribution in [0.2, 0.25) is 5.02 Å². The number of hydrogen-bond acceptors (Lipinski definition) is 4. The predicted molar refractivity (Wildman–Crippen MR) is 71.2 cm³/mol. The third kappa shape index (κ3) is 3.38. The summed E-state index contributed by atoms with van der Waals surface area (Å²) in [5.41, 5.74) is 1.65. The Bertz CT molecular complexity index is 494. The molecule has 0 aliphatic carbocycles. The first-order valence-electron chi connectivity index (χ1n) is 5.43. The number of hydrogen-bond donors (Lipinski definition) is 0. The number of Topliss-reactive ketones (excluding diaryl/α,β-unsaturated/α-hetero) is 1. The van der Waals surface area contributed by atoms with Gasteiger partial charge in [-0.3, -0.25) is 4.79 Å². The van der Waals surface area contributed by atoms with Gasteiger partial charge >= 0.3 is 0 Å². The van der Waals surface area contributed by atoms with E-state index in [0.29, 0.717) is 10.8 Å². The quantitative estimate of drug-likeness (QED) is 0.822. The van der Waals surface area contributed by atoms with E-state index < -0.39 is 0 Å². The number of carbonyl (C=O) groups is 1. The zero-order valence-electron chi connectivity index (χ0n) is 10.7. The van der Waals surface area contributed by atoms with Crippen LogP contribution in [0.15, 0.2) is 12.1 Å². The van der Waals surface area contributed by atoms with E-state index in [0.717, 1.165) is 11.3 Å². The summed E-state index contributed by atoms with van der Waals surface area (Å²) in [5, 5.41) is 9.08. The molecule has 0 atom stereocenters. The summed E-state index contributed by atoms with van der Waals surface area (Å²) in [5.74, 6) is 0.517. The number of rotatable bonds is 5. The maximum absolute atomic E-state index is 11.4. The van der Waals surface area contributed by atoms with Crippen LogP contribution >= 0.6 is 11.6 Å². The van der Waals surface area contributed by atoms with Gasteiger partial charge < -0.3 is 9.64 Å². The fourth-order valence-electron chi connectivity index (χ4n) is 1.60. The van der Waals surface area contributed by atoms with E-state index in [9.17, 15) is 4.79 Å². The molecular weight excluding hydrogens is 252 g/mol. The Morgan fingerprint density at radius 2 is 2.22 bits per heavy atom. The second-order valence-corrected chi connectivity index (χ2v) is 4.41. The molecule has 0 amide bonds. The minimum atomic E-state index is -0.140. The van der Waals surface area contributed by atoms with Crippen LogP contribution < -0.4 is 9.64 Å². The van der Waals surface area contributed by atoms with Crippen molar-refractivity contribution in [1.29, 1.82) is 5.26 Å². The van der Waals surface area contributed by atoms with Crippen LogP contribution in [0.4, 0.5) is 5.69 Å². The molecule has 96 valence electrons. The van der Waals surface area contributed by atoms with Crippen LogP contribution in [0.1, 0.15) is 12.0 Å². The minimum absolute atomic E-state index is 0.0910. The number of aryl methyl sites for hydroxylation is 1. The molecule has 18 heavy (non-hydrogen) atoms. The maximum Gasteiger partial charge on any atom is 0.166 e. The van der Waals surface area contributed by atoms with Crippen LogP contribution in [-0.2, 0) is 4.79 Å². The van der Waals surface area contributed by atoms with Gasteiger partial charge in [-0.05, 0) is 24.6 Å². The van der Waals surface area contributed by atoms with Crippen LogP contribution in [-0.4, -0.2) is 26.5 Å². The molecule has 1 rings (SSSR count). The van der Waals surface area contributed by atoms with Crippen molar-refractivity contribution < 1.29 is 9.53 Å². The SMILES string of the molecule is COc1cc(C)c(Cl)cc1N(C)CC(=O)CC#N. The number of carbonyl (C=O) groups excluding carboxylic acids is 1. The fraction of sp³-hybridized carbons (Fsp3) is 0.385. The molecule has 5 heteroatoms. The number of nitriles is 1. The van der Waals surface area contributed by atoms with Gasteiger partial charge in [0.05, 0.1) is 31.8 Å². The maximum atomic E-state index is 11.4. The standard InChI is InChI=1S/C13H15ClN2O2/c1-9-6-13(18-3)12(7-11(9)14)16(2)8-10(17)4-5-15/h6-7H,4,8H2,1-3H3. The van der Waals surface area contributed by atoms with Crippen LogP contribution in [0.25, 0.3) is 0 Å². The molecular formula is C13H15ClN2O2. The predicted octanol–water partition coefficient (Wildman–Crippen LogP) is 2.58. The van der Waals surface area contributed by atoms with Crippen molar-refractivity contribution in [2.75, 3.05) is 25.6 Å². The van der Waals surface area contributed by atoms with Crippen molar-refractivity contribution in [2.45, 2.75) is 13.3 Å². The Balaban J connectivity index is 2.98. The van der Waals surface area contributed by atoms with Gasteiger partial charge in [0.1, 0.15) is 5.75 Å². The number of ether oxygens (including phenoxy) is 1. The fourth-order valence-corrected chi connectivity index (χ4v) is 1.76. The summed E-state index contributed by atoms with van der Waals surface area (Å²) >= 11 is 6.07. The first kappa shape index (κ1) is 14.3. The molecule has 0 aliphatic rings. The van der Waals surface area contributed by atoms with Gasteiger partial charge in [-0.1, -0.05) is 11.6 Å². The summed E-state index contributed by atoms with van der Waals surface area (Å²) < 4.78 is 5.27. The zero-order chi connectivity index (χ0) is 13.7. The molecule has 0 saturated carbocycles. The lowest BCUT2D eigenvalue weighted by molar-refractivity contribution is -0.116. The first-order valence-corrected chi connectivity index (χ1v) is 5.81. The Labute approximate surface area is 112 Å². The summed E-state index contributed by atoms with van der Waals surface area (Å²) in [4.78, 5) is 13.2. The lowest BCUT2D eigenvalue weighted by Crippen LogP contribution is -2.25. The molecule has 0 N–H and O–H groups in total. The molecule has 4 nitrogen and oxygen atoms in total. The topological polar surface area (TPSA) is 53.3 Å². The summed E-state index contributed by atoms with van der Waals surface area (Å²) in [7, 11) is 3.33. The molecule has 0 spiro atoms. The third-order valence-electron chi connectivity index (χ3n) is 2.56. The number of nitrogens with zero attached hydrogens (tertiary/aromatic N) is 2. The van der Waals surface area contributed by atoms with E-state index in [2.05, 4.69) is 0 Å². The highest BCUT2D eigenvalue weighted by molar-refractivity contribution is 6.31.